The van der Waals surface area contributed by atoms with Gasteiger partial charge in [-0.05, 0) is 26.2 Å². The van der Waals surface area contributed by atoms with Crippen molar-refractivity contribution in [2.45, 2.75) is 39.5 Å². The van der Waals surface area contributed by atoms with Crippen LogP contribution < -0.4 is 0 Å². The van der Waals surface area contributed by atoms with Gasteiger partial charge in [0.15, 0.2) is 0 Å². The van der Waals surface area contributed by atoms with Crippen LogP contribution >= 0.6 is 0 Å². The van der Waals surface area contributed by atoms with Crippen molar-refractivity contribution >= 4 is 11.9 Å². The Balaban J connectivity index is 0.000000366. The van der Waals surface area contributed by atoms with E-state index in [0.29, 0.717) is 6.61 Å². The molecular weight excluding hydrogens is 220 g/mol. The van der Waals surface area contributed by atoms with E-state index in [-0.39, 0.29) is 11.5 Å². The molecule has 0 atom stereocenters. The predicted molar refractivity (Wildman–Crippen MR) is 65.6 cm³/mol. The molecule has 1 aliphatic carbocycles. The fourth-order valence-electron chi connectivity index (χ4n) is 0.876. The van der Waals surface area contributed by atoms with Gasteiger partial charge in [-0.2, -0.15) is 0 Å². The molecule has 4 nitrogen and oxygen atoms in total. The summed E-state index contributed by atoms with van der Waals surface area (Å²) in [6.07, 6.45) is 5.93. The van der Waals surface area contributed by atoms with Gasteiger partial charge in [-0.1, -0.05) is 26.0 Å². The Morgan fingerprint density at radius 3 is 2.35 bits per heavy atom. The van der Waals surface area contributed by atoms with Crippen molar-refractivity contribution in [2.24, 2.45) is 0 Å². The van der Waals surface area contributed by atoms with Gasteiger partial charge < -0.3 is 9.84 Å². The molecule has 0 radical (unpaired) electrons. The molecule has 0 fully saturated rings. The normalized spacial score (nSPS) is 12.5. The monoisotopic (exact) mass is 240 g/mol. The molecule has 0 amide bonds. The summed E-state index contributed by atoms with van der Waals surface area (Å²) in [6.45, 7) is 7.26. The summed E-state index contributed by atoms with van der Waals surface area (Å²) in [5.41, 5.74) is 1.04. The molecule has 0 saturated heterocycles. The minimum atomic E-state index is -0.935. The number of carboxylic acids is 1. The number of rotatable bonds is 5. The predicted octanol–water partition coefficient (Wildman–Crippen LogP) is 2.70. The second kappa shape index (κ2) is 8.56. The SMILES string of the molecule is C=C(C)C(=O)O.CCCCOC(=O)C1=CCC1. The lowest BCUT2D eigenvalue weighted by Gasteiger charge is -2.12. The lowest BCUT2D eigenvalue weighted by atomic mass is 10.00. The Morgan fingerprint density at radius 2 is 2.06 bits per heavy atom. The molecule has 0 aromatic carbocycles. The first-order chi connectivity index (χ1) is 7.99. The molecule has 17 heavy (non-hydrogen) atoms. The zero-order valence-corrected chi connectivity index (χ0v) is 10.5. The number of allylic oxidation sites excluding steroid dienone is 1. The molecule has 4 heteroatoms. The molecular formula is C13H20O4. The summed E-state index contributed by atoms with van der Waals surface area (Å²) in [5, 5.41) is 7.89. The number of ether oxygens (including phenoxy) is 1. The third kappa shape index (κ3) is 7.33. The van der Waals surface area contributed by atoms with Crippen LogP contribution in [0.25, 0.3) is 0 Å². The van der Waals surface area contributed by atoms with E-state index in [1.165, 1.54) is 6.92 Å². The van der Waals surface area contributed by atoms with Crippen LogP contribution in [0.1, 0.15) is 39.5 Å². The molecule has 0 aromatic rings. The Kier molecular flexibility index (Phi) is 7.76. The molecule has 0 aromatic heterocycles. The van der Waals surface area contributed by atoms with E-state index in [9.17, 15) is 9.59 Å². The maximum atomic E-state index is 11.0. The summed E-state index contributed by atoms with van der Waals surface area (Å²) in [7, 11) is 0. The molecule has 1 N–H and O–H groups in total. The van der Waals surface area contributed by atoms with E-state index < -0.39 is 5.97 Å². The van der Waals surface area contributed by atoms with Gasteiger partial charge in [-0.3, -0.25) is 0 Å². The highest BCUT2D eigenvalue weighted by atomic mass is 16.5. The molecule has 0 saturated carbocycles. The van der Waals surface area contributed by atoms with Gasteiger partial charge in [0, 0.05) is 11.1 Å². The van der Waals surface area contributed by atoms with Crippen LogP contribution in [0.4, 0.5) is 0 Å². The van der Waals surface area contributed by atoms with E-state index in [1.807, 2.05) is 6.08 Å². The van der Waals surface area contributed by atoms with Crippen molar-refractivity contribution in [3.05, 3.63) is 23.8 Å². The highest BCUT2D eigenvalue weighted by Gasteiger charge is 2.15. The van der Waals surface area contributed by atoms with E-state index in [4.69, 9.17) is 9.84 Å². The van der Waals surface area contributed by atoms with Crippen molar-refractivity contribution in [1.82, 2.24) is 0 Å². The molecule has 0 bridgehead atoms. The quantitative estimate of drug-likeness (QED) is 0.456. The first kappa shape index (κ1) is 15.4. The Bertz CT molecular complexity index is 303. The molecule has 0 aliphatic heterocycles. The van der Waals surface area contributed by atoms with E-state index >= 15 is 0 Å². The lowest BCUT2D eigenvalue weighted by Crippen LogP contribution is -2.12. The summed E-state index contributed by atoms with van der Waals surface area (Å²) in [6, 6.07) is 0. The summed E-state index contributed by atoms with van der Waals surface area (Å²) in [4.78, 5) is 20.6. The summed E-state index contributed by atoms with van der Waals surface area (Å²) in [5.74, 6) is -1.04. The molecule has 0 unspecified atom stereocenters. The first-order valence-electron chi connectivity index (χ1n) is 5.74. The third-order valence-electron chi connectivity index (χ3n) is 2.16. The second-order valence-corrected chi connectivity index (χ2v) is 3.84. The molecule has 1 aliphatic rings. The van der Waals surface area contributed by atoms with Gasteiger partial charge in [0.1, 0.15) is 0 Å². The lowest BCUT2D eigenvalue weighted by molar-refractivity contribution is -0.139. The number of esters is 1. The third-order valence-corrected chi connectivity index (χ3v) is 2.16. The number of carboxylic acid groups (broad SMARTS) is 1. The minimum absolute atomic E-state index is 0.107. The number of carbonyl (C=O) groups excluding carboxylic acids is 1. The van der Waals surface area contributed by atoms with Crippen LogP contribution in [0.15, 0.2) is 23.8 Å². The van der Waals surface area contributed by atoms with Gasteiger partial charge >= 0.3 is 11.9 Å². The average molecular weight is 240 g/mol. The van der Waals surface area contributed by atoms with Gasteiger partial charge in [0.25, 0.3) is 0 Å². The van der Waals surface area contributed by atoms with Crippen LogP contribution in [0.3, 0.4) is 0 Å². The maximum absolute atomic E-state index is 11.0. The fourth-order valence-corrected chi connectivity index (χ4v) is 0.876. The summed E-state index contributed by atoms with van der Waals surface area (Å²) < 4.78 is 4.98. The van der Waals surface area contributed by atoms with E-state index in [0.717, 1.165) is 31.3 Å². The average Bonchev–Trinajstić information content (AvgIpc) is 2.16. The van der Waals surface area contributed by atoms with Crippen molar-refractivity contribution in [2.75, 3.05) is 6.61 Å². The second-order valence-electron chi connectivity index (χ2n) is 3.84. The Morgan fingerprint density at radius 1 is 1.53 bits per heavy atom. The van der Waals surface area contributed by atoms with Gasteiger partial charge in [0.05, 0.1) is 6.61 Å². The first-order valence-corrected chi connectivity index (χ1v) is 5.74. The fraction of sp³-hybridized carbons (Fsp3) is 0.538. The van der Waals surface area contributed by atoms with Crippen LogP contribution in [-0.4, -0.2) is 23.7 Å². The molecule has 96 valence electrons. The van der Waals surface area contributed by atoms with Gasteiger partial charge in [-0.25, -0.2) is 9.59 Å². The smallest absolute Gasteiger partial charge is 0.333 e. The highest BCUT2D eigenvalue weighted by Crippen LogP contribution is 2.18. The Hall–Kier alpha value is -1.58. The maximum Gasteiger partial charge on any atom is 0.333 e. The minimum Gasteiger partial charge on any atom is -0.478 e. The van der Waals surface area contributed by atoms with Crippen molar-refractivity contribution in [3.63, 3.8) is 0 Å². The van der Waals surface area contributed by atoms with Crippen LogP contribution in [0, 0.1) is 0 Å². The van der Waals surface area contributed by atoms with Crippen molar-refractivity contribution < 1.29 is 19.4 Å². The number of hydrogen-bond donors (Lipinski definition) is 1. The zero-order chi connectivity index (χ0) is 13.3. The standard InChI is InChI=1S/C9H14O2.C4H6O2/c1-2-3-7-11-9(10)8-5-4-6-8;1-3(2)4(5)6/h5H,2-4,6-7H2,1H3;1H2,2H3,(H,5,6). The molecule has 1 rings (SSSR count). The van der Waals surface area contributed by atoms with Crippen LogP contribution in [-0.2, 0) is 14.3 Å². The molecule has 0 spiro atoms. The highest BCUT2D eigenvalue weighted by molar-refractivity contribution is 5.89. The number of unbranched alkanes of at least 4 members (excludes halogenated alkanes) is 1. The number of aliphatic carboxylic acids is 1. The van der Waals surface area contributed by atoms with Gasteiger partial charge in [-0.15, -0.1) is 0 Å². The molecule has 0 heterocycles. The van der Waals surface area contributed by atoms with Crippen LogP contribution in [0.2, 0.25) is 0 Å². The number of hydrogen-bond acceptors (Lipinski definition) is 3. The zero-order valence-electron chi connectivity index (χ0n) is 10.5. The topological polar surface area (TPSA) is 63.6 Å². The summed E-state index contributed by atoms with van der Waals surface area (Å²) >= 11 is 0. The van der Waals surface area contributed by atoms with Crippen molar-refractivity contribution in [3.8, 4) is 0 Å². The van der Waals surface area contributed by atoms with Crippen molar-refractivity contribution in [1.29, 1.82) is 0 Å². The number of carbonyl (C=O) groups is 2. The largest absolute Gasteiger partial charge is 0.478 e. The van der Waals surface area contributed by atoms with E-state index in [1.54, 1.807) is 0 Å². The Labute approximate surface area is 102 Å². The van der Waals surface area contributed by atoms with Crippen LogP contribution in [0.5, 0.6) is 0 Å². The van der Waals surface area contributed by atoms with E-state index in [2.05, 4.69) is 13.5 Å². The van der Waals surface area contributed by atoms with Gasteiger partial charge in [0.2, 0.25) is 0 Å².